The molecule has 2 aliphatic heterocycles. The SMILES string of the molecule is O=C(c1cccc(N2CCCC2=O)c1)N1CCC[C@H](n2cccn2)C1. The van der Waals surface area contributed by atoms with Crippen LogP contribution in [0.25, 0.3) is 0 Å². The average Bonchev–Trinajstić information content (AvgIpc) is 3.33. The number of benzene rings is 1. The molecule has 4 rings (SSSR count). The molecule has 2 fully saturated rings. The molecule has 1 atom stereocenters. The van der Waals surface area contributed by atoms with Crippen LogP contribution in [0.4, 0.5) is 5.69 Å². The van der Waals surface area contributed by atoms with Crippen LogP contribution in [0.3, 0.4) is 0 Å². The fourth-order valence-electron chi connectivity index (χ4n) is 3.76. The highest BCUT2D eigenvalue weighted by Crippen LogP contribution is 2.25. The Hall–Kier alpha value is -2.63. The van der Waals surface area contributed by atoms with Crippen LogP contribution in [0.2, 0.25) is 0 Å². The van der Waals surface area contributed by atoms with Crippen molar-refractivity contribution in [1.82, 2.24) is 14.7 Å². The molecule has 25 heavy (non-hydrogen) atoms. The lowest BCUT2D eigenvalue weighted by molar-refractivity contribution is -0.117. The maximum Gasteiger partial charge on any atom is 0.254 e. The Morgan fingerprint density at radius 2 is 2.08 bits per heavy atom. The standard InChI is InChI=1S/C19H22N4O2/c24-18-8-3-11-22(18)16-6-1-5-15(13-16)19(25)21-10-2-7-17(14-21)23-12-4-9-20-23/h1,4-6,9,12-13,17H,2-3,7-8,10-11,14H2/t17-/m0/s1. The molecule has 2 aromatic rings. The summed E-state index contributed by atoms with van der Waals surface area (Å²) in [6, 6.07) is 9.60. The molecule has 0 saturated carbocycles. The highest BCUT2D eigenvalue weighted by molar-refractivity contribution is 5.99. The molecule has 0 spiro atoms. The molecule has 1 aromatic heterocycles. The van der Waals surface area contributed by atoms with Crippen molar-refractivity contribution in [2.24, 2.45) is 0 Å². The third kappa shape index (κ3) is 3.16. The van der Waals surface area contributed by atoms with Gasteiger partial charge in [-0.05, 0) is 43.5 Å². The van der Waals surface area contributed by atoms with Gasteiger partial charge in [-0.25, -0.2) is 0 Å². The molecule has 2 aliphatic rings. The molecule has 6 nitrogen and oxygen atoms in total. The first-order valence-electron chi connectivity index (χ1n) is 8.91. The third-order valence-corrected chi connectivity index (χ3v) is 5.06. The number of amides is 2. The summed E-state index contributed by atoms with van der Waals surface area (Å²) < 4.78 is 1.94. The van der Waals surface area contributed by atoms with Crippen LogP contribution in [0.1, 0.15) is 42.1 Å². The molecule has 2 saturated heterocycles. The van der Waals surface area contributed by atoms with Gasteiger partial charge in [0.15, 0.2) is 0 Å². The Labute approximate surface area is 147 Å². The van der Waals surface area contributed by atoms with Crippen molar-refractivity contribution in [3.63, 3.8) is 0 Å². The molecule has 3 heterocycles. The zero-order chi connectivity index (χ0) is 17.2. The zero-order valence-corrected chi connectivity index (χ0v) is 14.2. The van der Waals surface area contributed by atoms with Crippen molar-refractivity contribution in [3.05, 3.63) is 48.3 Å². The van der Waals surface area contributed by atoms with E-state index < -0.39 is 0 Å². The van der Waals surface area contributed by atoms with Crippen molar-refractivity contribution in [3.8, 4) is 0 Å². The number of carbonyl (C=O) groups is 2. The smallest absolute Gasteiger partial charge is 0.254 e. The van der Waals surface area contributed by atoms with Gasteiger partial charge < -0.3 is 9.80 Å². The Morgan fingerprint density at radius 3 is 2.84 bits per heavy atom. The number of piperidine rings is 1. The quantitative estimate of drug-likeness (QED) is 0.864. The second-order valence-corrected chi connectivity index (χ2v) is 6.73. The molecule has 1 aromatic carbocycles. The predicted molar refractivity (Wildman–Crippen MR) is 94.4 cm³/mol. The molecular formula is C19H22N4O2. The van der Waals surface area contributed by atoms with Gasteiger partial charge in [0.1, 0.15) is 0 Å². The molecular weight excluding hydrogens is 316 g/mol. The van der Waals surface area contributed by atoms with Crippen LogP contribution in [0.15, 0.2) is 42.7 Å². The number of aromatic nitrogens is 2. The molecule has 0 unspecified atom stereocenters. The highest BCUT2D eigenvalue weighted by Gasteiger charge is 2.27. The monoisotopic (exact) mass is 338 g/mol. The van der Waals surface area contributed by atoms with E-state index in [0.717, 1.165) is 38.0 Å². The van der Waals surface area contributed by atoms with Crippen LogP contribution in [-0.2, 0) is 4.79 Å². The Morgan fingerprint density at radius 1 is 1.16 bits per heavy atom. The van der Waals surface area contributed by atoms with Crippen molar-refractivity contribution < 1.29 is 9.59 Å². The zero-order valence-electron chi connectivity index (χ0n) is 14.2. The molecule has 0 aliphatic carbocycles. The van der Waals surface area contributed by atoms with E-state index in [0.29, 0.717) is 18.5 Å². The van der Waals surface area contributed by atoms with Gasteiger partial charge in [-0.2, -0.15) is 5.10 Å². The van der Waals surface area contributed by atoms with Crippen LogP contribution in [-0.4, -0.2) is 46.1 Å². The number of hydrogen-bond acceptors (Lipinski definition) is 3. The maximum atomic E-state index is 13.0. The first-order chi connectivity index (χ1) is 12.2. The first-order valence-corrected chi connectivity index (χ1v) is 8.91. The second kappa shape index (κ2) is 6.70. The highest BCUT2D eigenvalue weighted by atomic mass is 16.2. The summed E-state index contributed by atoms with van der Waals surface area (Å²) in [7, 11) is 0. The summed E-state index contributed by atoms with van der Waals surface area (Å²) >= 11 is 0. The van der Waals surface area contributed by atoms with E-state index >= 15 is 0 Å². The number of likely N-dealkylation sites (tertiary alicyclic amines) is 1. The van der Waals surface area contributed by atoms with Gasteiger partial charge in [0.25, 0.3) is 5.91 Å². The van der Waals surface area contributed by atoms with Crippen LogP contribution < -0.4 is 4.90 Å². The first kappa shape index (κ1) is 15.9. The molecule has 2 amide bonds. The Kier molecular flexibility index (Phi) is 4.26. The van der Waals surface area contributed by atoms with Gasteiger partial charge in [-0.15, -0.1) is 0 Å². The van der Waals surface area contributed by atoms with Crippen molar-refractivity contribution in [2.75, 3.05) is 24.5 Å². The average molecular weight is 338 g/mol. The molecule has 0 bridgehead atoms. The topological polar surface area (TPSA) is 58.4 Å². The number of carbonyl (C=O) groups excluding carboxylic acids is 2. The van der Waals surface area contributed by atoms with E-state index in [4.69, 9.17) is 0 Å². The number of anilines is 1. The van der Waals surface area contributed by atoms with Crippen LogP contribution in [0.5, 0.6) is 0 Å². The van der Waals surface area contributed by atoms with Crippen LogP contribution >= 0.6 is 0 Å². The molecule has 0 N–H and O–H groups in total. The fraction of sp³-hybridized carbons (Fsp3) is 0.421. The van der Waals surface area contributed by atoms with E-state index in [1.54, 1.807) is 11.1 Å². The fourth-order valence-corrected chi connectivity index (χ4v) is 3.76. The van der Waals surface area contributed by atoms with Gasteiger partial charge in [0.05, 0.1) is 6.04 Å². The summed E-state index contributed by atoms with van der Waals surface area (Å²) in [5.41, 5.74) is 1.48. The lowest BCUT2D eigenvalue weighted by Crippen LogP contribution is -2.40. The minimum atomic E-state index is 0.0327. The largest absolute Gasteiger partial charge is 0.337 e. The minimum absolute atomic E-state index is 0.0327. The normalized spacial score (nSPS) is 21.0. The lowest BCUT2D eigenvalue weighted by atomic mass is 10.0. The van der Waals surface area contributed by atoms with Gasteiger partial charge in [0.2, 0.25) is 5.91 Å². The summed E-state index contributed by atoms with van der Waals surface area (Å²) in [5.74, 6) is 0.173. The minimum Gasteiger partial charge on any atom is -0.337 e. The van der Waals surface area contributed by atoms with Gasteiger partial charge in [-0.3, -0.25) is 14.3 Å². The Bertz CT molecular complexity index is 771. The van der Waals surface area contributed by atoms with E-state index in [-0.39, 0.29) is 17.9 Å². The van der Waals surface area contributed by atoms with Crippen molar-refractivity contribution in [2.45, 2.75) is 31.7 Å². The maximum absolute atomic E-state index is 13.0. The molecule has 6 heteroatoms. The summed E-state index contributed by atoms with van der Waals surface area (Å²) in [4.78, 5) is 28.6. The van der Waals surface area contributed by atoms with Gasteiger partial charge in [-0.1, -0.05) is 6.07 Å². The molecule has 0 radical (unpaired) electrons. The number of hydrogen-bond donors (Lipinski definition) is 0. The van der Waals surface area contributed by atoms with E-state index in [1.807, 2.05) is 46.1 Å². The number of nitrogens with zero attached hydrogens (tertiary/aromatic N) is 4. The van der Waals surface area contributed by atoms with Crippen molar-refractivity contribution in [1.29, 1.82) is 0 Å². The predicted octanol–water partition coefficient (Wildman–Crippen LogP) is 2.49. The van der Waals surface area contributed by atoms with Crippen LogP contribution in [0, 0.1) is 0 Å². The third-order valence-electron chi connectivity index (χ3n) is 5.06. The number of rotatable bonds is 3. The van der Waals surface area contributed by atoms with Crippen molar-refractivity contribution >= 4 is 17.5 Å². The second-order valence-electron chi connectivity index (χ2n) is 6.73. The Balaban J connectivity index is 1.51. The van der Waals surface area contributed by atoms with E-state index in [1.165, 1.54) is 0 Å². The lowest BCUT2D eigenvalue weighted by Gasteiger charge is -2.33. The molecule has 130 valence electrons. The van der Waals surface area contributed by atoms with E-state index in [2.05, 4.69) is 5.10 Å². The van der Waals surface area contributed by atoms with E-state index in [9.17, 15) is 9.59 Å². The summed E-state index contributed by atoms with van der Waals surface area (Å²) in [6.45, 7) is 2.18. The van der Waals surface area contributed by atoms with Gasteiger partial charge >= 0.3 is 0 Å². The van der Waals surface area contributed by atoms with Gasteiger partial charge in [0, 0.05) is 49.7 Å². The summed E-state index contributed by atoms with van der Waals surface area (Å²) in [6.07, 6.45) is 7.22. The summed E-state index contributed by atoms with van der Waals surface area (Å²) in [5, 5.41) is 4.32.